The second-order valence-electron chi connectivity index (χ2n) is 3.43. The van der Waals surface area contributed by atoms with Crippen molar-refractivity contribution in [1.29, 1.82) is 0 Å². The molecule has 0 aliphatic carbocycles. The first-order chi connectivity index (χ1) is 8.58. The molecule has 0 atom stereocenters. The number of aryl methyl sites for hydroxylation is 1. The topological polar surface area (TPSA) is 0 Å². The van der Waals surface area contributed by atoms with E-state index >= 15 is 0 Å². The molecule has 0 unspecified atom stereocenters. The number of hydrogen-bond donors (Lipinski definition) is 0. The molecule has 2 aromatic carbocycles. The van der Waals surface area contributed by atoms with Gasteiger partial charge in [-0.3, -0.25) is 12.9 Å². The molecular weight excluding hydrogens is 370 g/mol. The molecule has 2 rings (SSSR count). The molecule has 0 fully saturated rings. The largest absolute Gasteiger partial charge is 1.00 e. The molecule has 0 heterocycles. The fraction of sp³-hybridized carbons (Fsp3) is 0.0769. The molecule has 2 aromatic rings. The van der Waals surface area contributed by atoms with E-state index in [4.69, 9.17) is 0 Å². The Labute approximate surface area is 120 Å². The Balaban J connectivity index is 0.000000576. The van der Waals surface area contributed by atoms with Crippen molar-refractivity contribution in [2.75, 3.05) is 0 Å². The quantitative estimate of drug-likeness (QED) is 0.321. The third kappa shape index (κ3) is 8.64. The molecule has 0 radical (unpaired) electrons. The van der Waals surface area contributed by atoms with E-state index in [9.17, 15) is 12.9 Å². The van der Waals surface area contributed by atoms with Gasteiger partial charge in [0.15, 0.2) is 0 Å². The van der Waals surface area contributed by atoms with Crippen LogP contribution < -0.4 is 25.9 Å². The molecule has 19 heavy (non-hydrogen) atoms. The zero-order valence-electron chi connectivity index (χ0n) is 10.2. The Morgan fingerprint density at radius 1 is 0.789 bits per heavy atom. The van der Waals surface area contributed by atoms with Crippen LogP contribution in [0.5, 0.6) is 0 Å². The number of rotatable bonds is 2. The van der Waals surface area contributed by atoms with E-state index in [0.29, 0.717) is 0 Å². The van der Waals surface area contributed by atoms with Gasteiger partial charge in [0.25, 0.3) is 0 Å². The maximum atomic E-state index is 9.67. The van der Waals surface area contributed by atoms with Crippen molar-refractivity contribution in [3.63, 3.8) is 0 Å². The van der Waals surface area contributed by atoms with Gasteiger partial charge in [0.05, 0.1) is 0 Å². The first-order valence-corrected chi connectivity index (χ1v) is 7.42. The Bertz CT molecular complexity index is 445. The first-order valence-electron chi connectivity index (χ1n) is 5.26. The summed E-state index contributed by atoms with van der Waals surface area (Å²) < 4.78 is 32.0. The predicted molar refractivity (Wildman–Crippen MR) is 64.1 cm³/mol. The SMILES string of the molecule is Cc1ccc([I-]c2ccccc2)cc1.FB(F)F.[F-]. The van der Waals surface area contributed by atoms with Gasteiger partial charge >= 0.3 is 103 Å². The number of hydrogen-bond acceptors (Lipinski definition) is 0. The van der Waals surface area contributed by atoms with Crippen LogP contribution >= 0.6 is 0 Å². The monoisotopic (exact) mass is 382 g/mol. The van der Waals surface area contributed by atoms with E-state index in [1.807, 2.05) is 0 Å². The predicted octanol–water partition coefficient (Wildman–Crippen LogP) is -1.99. The van der Waals surface area contributed by atoms with Crippen LogP contribution in [0.1, 0.15) is 5.56 Å². The second-order valence-corrected chi connectivity index (χ2v) is 6.46. The maximum absolute atomic E-state index is 9.67. The van der Waals surface area contributed by atoms with Gasteiger partial charge in [-0.25, -0.2) is 0 Å². The van der Waals surface area contributed by atoms with Crippen LogP contribution in [0.25, 0.3) is 0 Å². The number of benzene rings is 2. The Morgan fingerprint density at radius 3 is 1.68 bits per heavy atom. The smallest absolute Gasteiger partial charge is 0.762 e. The van der Waals surface area contributed by atoms with E-state index in [1.54, 1.807) is 0 Å². The molecule has 0 aromatic heterocycles. The van der Waals surface area contributed by atoms with Crippen LogP contribution in [0, 0.1) is 14.1 Å². The normalized spacial score (nSPS) is 9.05. The molecule has 0 bridgehead atoms. The molecule has 104 valence electrons. The molecule has 0 N–H and O–H groups in total. The van der Waals surface area contributed by atoms with Crippen molar-refractivity contribution in [2.24, 2.45) is 0 Å². The van der Waals surface area contributed by atoms with Gasteiger partial charge in [-0.1, -0.05) is 0 Å². The van der Waals surface area contributed by atoms with E-state index in [2.05, 4.69) is 61.5 Å². The van der Waals surface area contributed by atoms with Gasteiger partial charge in [0.1, 0.15) is 0 Å². The fourth-order valence-corrected chi connectivity index (χ4v) is 3.41. The first kappa shape index (κ1) is 18.0. The summed E-state index contributed by atoms with van der Waals surface area (Å²) in [6, 6.07) is 19.6. The molecule has 0 aliphatic rings. The summed E-state index contributed by atoms with van der Waals surface area (Å²) in [6.07, 6.45) is 0. The van der Waals surface area contributed by atoms with Crippen molar-refractivity contribution in [1.82, 2.24) is 0 Å². The van der Waals surface area contributed by atoms with Gasteiger partial charge in [0.2, 0.25) is 0 Å². The van der Waals surface area contributed by atoms with Crippen LogP contribution in [-0.2, 0) is 0 Å². The molecule has 0 amide bonds. The standard InChI is InChI=1S/C13H12I.BF3.FH/c1-11-7-9-13(10-8-11)14-12-5-3-2-4-6-12;2-1(3)4;/h2-10H,1H3;;1H/q-1;;/p-1. The van der Waals surface area contributed by atoms with Crippen LogP contribution in [0.15, 0.2) is 54.6 Å². The average Bonchev–Trinajstić information content (AvgIpc) is 2.33. The van der Waals surface area contributed by atoms with Crippen LogP contribution in [-0.4, -0.2) is 7.54 Å². The van der Waals surface area contributed by atoms with Gasteiger partial charge < -0.3 is 4.70 Å². The second kappa shape index (κ2) is 9.83. The maximum Gasteiger partial charge on any atom is 0.762 e. The van der Waals surface area contributed by atoms with Gasteiger partial charge in [-0.2, -0.15) is 0 Å². The van der Waals surface area contributed by atoms with Gasteiger partial charge in [-0.15, -0.1) is 0 Å². The van der Waals surface area contributed by atoms with Crippen LogP contribution in [0.4, 0.5) is 12.9 Å². The van der Waals surface area contributed by atoms with Crippen molar-refractivity contribution in [3.05, 3.63) is 67.3 Å². The van der Waals surface area contributed by atoms with Gasteiger partial charge in [0, 0.05) is 0 Å². The molecule has 0 saturated carbocycles. The molecule has 0 aliphatic heterocycles. The minimum absolute atomic E-state index is 0. The Kier molecular flexibility index (Phi) is 9.29. The van der Waals surface area contributed by atoms with Crippen molar-refractivity contribution < 1.29 is 38.9 Å². The Morgan fingerprint density at radius 2 is 1.21 bits per heavy atom. The molecule has 0 saturated heterocycles. The van der Waals surface area contributed by atoms with Crippen molar-refractivity contribution in [3.8, 4) is 0 Å². The average molecular weight is 382 g/mol. The van der Waals surface area contributed by atoms with E-state index in [-0.39, 0.29) is 25.9 Å². The zero-order valence-corrected chi connectivity index (χ0v) is 12.3. The third-order valence-corrected chi connectivity index (χ3v) is 4.65. The Hall–Kier alpha value is -1.05. The summed E-state index contributed by atoms with van der Waals surface area (Å²) in [6.45, 7) is 2.13. The summed E-state index contributed by atoms with van der Waals surface area (Å²) in [4.78, 5) is 0. The molecule has 0 spiro atoms. The van der Waals surface area contributed by atoms with Gasteiger partial charge in [-0.05, 0) is 0 Å². The summed E-state index contributed by atoms with van der Waals surface area (Å²) in [5.41, 5.74) is 1.34. The third-order valence-electron chi connectivity index (χ3n) is 1.96. The minimum Gasteiger partial charge on any atom is -1.00 e. The fourth-order valence-electron chi connectivity index (χ4n) is 1.20. The summed E-state index contributed by atoms with van der Waals surface area (Å²) in [7, 11) is -3.67. The van der Waals surface area contributed by atoms with E-state index < -0.39 is 7.54 Å². The molecule has 0 nitrogen and oxygen atoms in total. The summed E-state index contributed by atoms with van der Waals surface area (Å²) >= 11 is 0.0159. The minimum atomic E-state index is -3.67. The van der Waals surface area contributed by atoms with Crippen LogP contribution in [0.2, 0.25) is 0 Å². The zero-order chi connectivity index (χ0) is 13.4. The summed E-state index contributed by atoms with van der Waals surface area (Å²) in [5.74, 6) is 0. The molecule has 6 heteroatoms. The van der Waals surface area contributed by atoms with Crippen LogP contribution in [0.3, 0.4) is 0 Å². The summed E-state index contributed by atoms with van der Waals surface area (Å²) in [5, 5.41) is 0. The molecular formula is C13H12BF4I-2. The van der Waals surface area contributed by atoms with E-state index in [0.717, 1.165) is 0 Å². The van der Waals surface area contributed by atoms with Crippen molar-refractivity contribution in [2.45, 2.75) is 6.92 Å². The van der Waals surface area contributed by atoms with E-state index in [1.165, 1.54) is 12.7 Å². The van der Waals surface area contributed by atoms with Crippen molar-refractivity contribution >= 4 is 7.54 Å². The number of halogens is 5.